The van der Waals surface area contributed by atoms with Crippen molar-refractivity contribution in [2.24, 2.45) is 0 Å². The number of hydrogen-bond donors (Lipinski definition) is 1. The Morgan fingerprint density at radius 1 is 1.10 bits per heavy atom. The predicted octanol–water partition coefficient (Wildman–Crippen LogP) is 3.20. The maximum Gasteiger partial charge on any atom is 0.203 e. The molecule has 0 aliphatic rings. The van der Waals surface area contributed by atoms with E-state index < -0.39 is 0 Å². The molecule has 0 heterocycles. The van der Waals surface area contributed by atoms with Gasteiger partial charge in [-0.05, 0) is 30.5 Å². The van der Waals surface area contributed by atoms with Crippen LogP contribution in [-0.2, 0) is 6.42 Å². The molecule has 0 saturated heterocycles. The van der Waals surface area contributed by atoms with Crippen LogP contribution >= 0.6 is 0 Å². The van der Waals surface area contributed by atoms with Crippen molar-refractivity contribution in [2.75, 3.05) is 21.3 Å². The Balaban J connectivity index is 3.03. The zero-order valence-electron chi connectivity index (χ0n) is 13.7. The topological polar surface area (TPSA) is 39.7 Å². The average molecular weight is 293 g/mol. The Kier molecular flexibility index (Phi) is 7.09. The number of methoxy groups -OCH3 is 3. The zero-order valence-corrected chi connectivity index (χ0v) is 13.7. The average Bonchev–Trinajstić information content (AvgIpc) is 2.45. The van der Waals surface area contributed by atoms with Gasteiger partial charge in [0.2, 0.25) is 5.75 Å². The molecule has 0 amide bonds. The van der Waals surface area contributed by atoms with Gasteiger partial charge in [-0.2, -0.15) is 0 Å². The van der Waals surface area contributed by atoms with Gasteiger partial charge in [0, 0.05) is 12.1 Å². The Hall–Kier alpha value is -1.68. The van der Waals surface area contributed by atoms with Gasteiger partial charge in [0.15, 0.2) is 11.5 Å². The lowest BCUT2D eigenvalue weighted by Gasteiger charge is -2.21. The van der Waals surface area contributed by atoms with Crippen LogP contribution in [0.1, 0.15) is 25.8 Å². The van der Waals surface area contributed by atoms with E-state index in [1.165, 1.54) is 0 Å². The molecule has 0 aliphatic carbocycles. The van der Waals surface area contributed by atoms with Gasteiger partial charge in [-0.3, -0.25) is 0 Å². The van der Waals surface area contributed by atoms with Gasteiger partial charge < -0.3 is 19.5 Å². The molecule has 0 aromatic heterocycles. The summed E-state index contributed by atoms with van der Waals surface area (Å²) in [4.78, 5) is 0. The number of nitrogens with one attached hydrogen (secondary N) is 1. The monoisotopic (exact) mass is 293 g/mol. The highest BCUT2D eigenvalue weighted by Gasteiger charge is 2.16. The smallest absolute Gasteiger partial charge is 0.203 e. The second-order valence-corrected chi connectivity index (χ2v) is 5.28. The van der Waals surface area contributed by atoms with Crippen LogP contribution in [0.3, 0.4) is 0 Å². The second-order valence-electron chi connectivity index (χ2n) is 5.28. The van der Waals surface area contributed by atoms with E-state index >= 15 is 0 Å². The minimum absolute atomic E-state index is 0.338. The first-order chi connectivity index (χ1) is 10.0. The molecular formula is C17H27NO3. The summed E-state index contributed by atoms with van der Waals surface area (Å²) >= 11 is 0. The first-order valence-electron chi connectivity index (χ1n) is 7.21. The van der Waals surface area contributed by atoms with Crippen molar-refractivity contribution in [2.45, 2.75) is 38.8 Å². The second kappa shape index (κ2) is 8.57. The van der Waals surface area contributed by atoms with Gasteiger partial charge >= 0.3 is 0 Å². The van der Waals surface area contributed by atoms with Crippen LogP contribution in [0.25, 0.3) is 0 Å². The van der Waals surface area contributed by atoms with Gasteiger partial charge in [-0.15, -0.1) is 6.58 Å². The molecule has 0 unspecified atom stereocenters. The minimum Gasteiger partial charge on any atom is -0.493 e. The summed E-state index contributed by atoms with van der Waals surface area (Å²) in [5.41, 5.74) is 1.14. The van der Waals surface area contributed by atoms with Crippen molar-refractivity contribution in [3.8, 4) is 17.2 Å². The summed E-state index contributed by atoms with van der Waals surface area (Å²) < 4.78 is 16.1. The fourth-order valence-electron chi connectivity index (χ4n) is 2.42. The third kappa shape index (κ3) is 4.97. The van der Waals surface area contributed by atoms with Crippen molar-refractivity contribution in [1.29, 1.82) is 0 Å². The first-order valence-corrected chi connectivity index (χ1v) is 7.21. The molecule has 0 spiro atoms. The molecule has 21 heavy (non-hydrogen) atoms. The molecule has 0 radical (unpaired) electrons. The highest BCUT2D eigenvalue weighted by atomic mass is 16.5. The molecule has 1 atom stereocenters. The molecule has 4 heteroatoms. The molecule has 0 fully saturated rings. The Morgan fingerprint density at radius 2 is 1.67 bits per heavy atom. The highest BCUT2D eigenvalue weighted by Crippen LogP contribution is 2.38. The van der Waals surface area contributed by atoms with E-state index in [1.807, 2.05) is 18.2 Å². The number of rotatable bonds is 9. The summed E-state index contributed by atoms with van der Waals surface area (Å²) in [6, 6.07) is 4.76. The number of ether oxygens (including phenoxy) is 3. The van der Waals surface area contributed by atoms with Crippen LogP contribution in [0.4, 0.5) is 0 Å². The van der Waals surface area contributed by atoms with Gasteiger partial charge in [-0.1, -0.05) is 19.9 Å². The fourth-order valence-corrected chi connectivity index (χ4v) is 2.42. The number of benzene rings is 1. The maximum absolute atomic E-state index is 5.40. The summed E-state index contributed by atoms with van der Waals surface area (Å²) in [5.74, 6) is 2.00. The van der Waals surface area contributed by atoms with Gasteiger partial charge in [0.05, 0.1) is 21.3 Å². The standard InChI is InChI=1S/C17H27NO3/c1-7-8-14(18-12(2)3)9-13-10-15(19-4)17(21-6)16(11-13)20-5/h7,10-12,14,18H,1,8-9H2,2-6H3/t14-/m0/s1. The maximum atomic E-state index is 5.40. The molecule has 1 aromatic rings. The van der Waals surface area contributed by atoms with Crippen molar-refractivity contribution < 1.29 is 14.2 Å². The molecule has 4 nitrogen and oxygen atoms in total. The van der Waals surface area contributed by atoms with Crippen LogP contribution < -0.4 is 19.5 Å². The summed E-state index contributed by atoms with van der Waals surface area (Å²) in [7, 11) is 4.88. The lowest BCUT2D eigenvalue weighted by Crippen LogP contribution is -2.36. The van der Waals surface area contributed by atoms with Crippen LogP contribution in [-0.4, -0.2) is 33.4 Å². The van der Waals surface area contributed by atoms with Gasteiger partial charge in [0.1, 0.15) is 0 Å². The largest absolute Gasteiger partial charge is 0.493 e. The van der Waals surface area contributed by atoms with E-state index in [2.05, 4.69) is 25.7 Å². The highest BCUT2D eigenvalue weighted by molar-refractivity contribution is 5.54. The van der Waals surface area contributed by atoms with E-state index in [4.69, 9.17) is 14.2 Å². The summed E-state index contributed by atoms with van der Waals surface area (Å²) in [5, 5.41) is 3.55. The molecule has 0 aliphatic heterocycles. The molecule has 0 bridgehead atoms. The lowest BCUT2D eigenvalue weighted by atomic mass is 10.0. The molecule has 1 N–H and O–H groups in total. The Labute approximate surface area is 128 Å². The normalized spacial score (nSPS) is 12.1. The molecule has 1 rings (SSSR count). The van der Waals surface area contributed by atoms with E-state index in [0.717, 1.165) is 18.4 Å². The van der Waals surface area contributed by atoms with E-state index in [-0.39, 0.29) is 0 Å². The minimum atomic E-state index is 0.338. The molecule has 1 aromatic carbocycles. The van der Waals surface area contributed by atoms with E-state index in [1.54, 1.807) is 21.3 Å². The third-order valence-corrected chi connectivity index (χ3v) is 3.23. The third-order valence-electron chi connectivity index (χ3n) is 3.23. The van der Waals surface area contributed by atoms with E-state index in [0.29, 0.717) is 29.3 Å². The summed E-state index contributed by atoms with van der Waals surface area (Å²) in [6.45, 7) is 8.12. The van der Waals surface area contributed by atoms with Crippen molar-refractivity contribution in [3.63, 3.8) is 0 Å². The van der Waals surface area contributed by atoms with Crippen LogP contribution in [0.5, 0.6) is 17.2 Å². The van der Waals surface area contributed by atoms with Crippen molar-refractivity contribution >= 4 is 0 Å². The van der Waals surface area contributed by atoms with Gasteiger partial charge in [-0.25, -0.2) is 0 Å². The Bertz CT molecular complexity index is 432. The van der Waals surface area contributed by atoms with Crippen molar-refractivity contribution in [1.82, 2.24) is 5.32 Å². The van der Waals surface area contributed by atoms with Crippen molar-refractivity contribution in [3.05, 3.63) is 30.4 Å². The summed E-state index contributed by atoms with van der Waals surface area (Å²) in [6.07, 6.45) is 3.73. The zero-order chi connectivity index (χ0) is 15.8. The predicted molar refractivity (Wildman–Crippen MR) is 86.7 cm³/mol. The SMILES string of the molecule is C=CC[C@@H](Cc1cc(OC)c(OC)c(OC)c1)NC(C)C. The number of hydrogen-bond acceptors (Lipinski definition) is 4. The Morgan fingerprint density at radius 3 is 2.05 bits per heavy atom. The van der Waals surface area contributed by atoms with Crippen LogP contribution in [0, 0.1) is 0 Å². The van der Waals surface area contributed by atoms with Crippen LogP contribution in [0.15, 0.2) is 24.8 Å². The molecular weight excluding hydrogens is 266 g/mol. The quantitative estimate of drug-likeness (QED) is 0.710. The van der Waals surface area contributed by atoms with Gasteiger partial charge in [0.25, 0.3) is 0 Å². The molecule has 0 saturated carbocycles. The van der Waals surface area contributed by atoms with Crippen LogP contribution in [0.2, 0.25) is 0 Å². The first kappa shape index (κ1) is 17.4. The molecule has 118 valence electrons. The van der Waals surface area contributed by atoms with E-state index in [9.17, 15) is 0 Å². The fraction of sp³-hybridized carbons (Fsp3) is 0.529. The lowest BCUT2D eigenvalue weighted by molar-refractivity contribution is 0.323.